The van der Waals surface area contributed by atoms with Crippen LogP contribution in [-0.2, 0) is 11.2 Å². The molecule has 23 heavy (non-hydrogen) atoms. The molecule has 2 bridgehead atoms. The minimum absolute atomic E-state index is 0. The fraction of sp³-hybridized carbons (Fsp3) is 0.611. The Morgan fingerprint density at radius 2 is 1.96 bits per heavy atom. The van der Waals surface area contributed by atoms with Crippen LogP contribution in [0.5, 0.6) is 0 Å². The zero-order chi connectivity index (χ0) is 14.9. The number of nitrogens with one attached hydrogen (secondary N) is 1. The SMILES string of the molecule is Cl.O=C(CN1CCC2CCC(C1)N2)N1CCCc2ccccc21. The van der Waals surface area contributed by atoms with Crippen LogP contribution in [0.15, 0.2) is 24.3 Å². The van der Waals surface area contributed by atoms with Crippen LogP contribution in [0.2, 0.25) is 0 Å². The second-order valence-corrected chi connectivity index (χ2v) is 6.94. The fourth-order valence-corrected chi connectivity index (χ4v) is 4.23. The normalized spacial score (nSPS) is 27.0. The Kier molecular flexibility index (Phi) is 5.24. The molecular weight excluding hydrogens is 310 g/mol. The van der Waals surface area contributed by atoms with E-state index in [9.17, 15) is 4.79 Å². The van der Waals surface area contributed by atoms with Gasteiger partial charge >= 0.3 is 0 Å². The molecule has 2 saturated heterocycles. The van der Waals surface area contributed by atoms with Crippen molar-refractivity contribution in [2.24, 2.45) is 0 Å². The summed E-state index contributed by atoms with van der Waals surface area (Å²) >= 11 is 0. The number of rotatable bonds is 2. The smallest absolute Gasteiger partial charge is 0.241 e. The van der Waals surface area contributed by atoms with E-state index in [-0.39, 0.29) is 18.3 Å². The van der Waals surface area contributed by atoms with Crippen molar-refractivity contribution < 1.29 is 4.79 Å². The van der Waals surface area contributed by atoms with E-state index < -0.39 is 0 Å². The van der Waals surface area contributed by atoms with Gasteiger partial charge in [0.25, 0.3) is 0 Å². The lowest BCUT2D eigenvalue weighted by Gasteiger charge is -2.32. The highest BCUT2D eigenvalue weighted by Gasteiger charge is 2.31. The first-order chi connectivity index (χ1) is 10.8. The van der Waals surface area contributed by atoms with E-state index in [0.717, 1.165) is 38.2 Å². The van der Waals surface area contributed by atoms with Crippen molar-refractivity contribution in [2.45, 2.75) is 44.2 Å². The number of fused-ring (bicyclic) bond motifs is 3. The predicted octanol–water partition coefficient (Wildman–Crippen LogP) is 2.21. The fourth-order valence-electron chi connectivity index (χ4n) is 4.23. The van der Waals surface area contributed by atoms with Gasteiger partial charge in [-0.3, -0.25) is 9.69 Å². The third-order valence-corrected chi connectivity index (χ3v) is 5.38. The summed E-state index contributed by atoms with van der Waals surface area (Å²) in [5, 5.41) is 3.68. The largest absolute Gasteiger partial charge is 0.311 e. The van der Waals surface area contributed by atoms with Crippen LogP contribution in [0, 0.1) is 0 Å². The van der Waals surface area contributed by atoms with Gasteiger partial charge in [-0.1, -0.05) is 18.2 Å². The number of benzene rings is 1. The number of aryl methyl sites for hydroxylation is 1. The average Bonchev–Trinajstić information content (AvgIpc) is 2.89. The molecule has 1 aromatic carbocycles. The molecule has 3 aliphatic rings. The van der Waals surface area contributed by atoms with Gasteiger partial charge in [0.2, 0.25) is 5.91 Å². The van der Waals surface area contributed by atoms with Gasteiger partial charge in [0.1, 0.15) is 0 Å². The van der Waals surface area contributed by atoms with Crippen LogP contribution in [0.1, 0.15) is 31.2 Å². The first-order valence-electron chi connectivity index (χ1n) is 8.66. The van der Waals surface area contributed by atoms with Crippen molar-refractivity contribution >= 4 is 24.0 Å². The first kappa shape index (κ1) is 16.7. The number of halogens is 1. The highest BCUT2D eigenvalue weighted by Crippen LogP contribution is 2.27. The number of hydrogen-bond donors (Lipinski definition) is 1. The van der Waals surface area contributed by atoms with Gasteiger partial charge in [0.05, 0.1) is 6.54 Å². The Labute approximate surface area is 144 Å². The van der Waals surface area contributed by atoms with Crippen LogP contribution in [0.25, 0.3) is 0 Å². The van der Waals surface area contributed by atoms with E-state index in [1.165, 1.54) is 24.8 Å². The van der Waals surface area contributed by atoms with Gasteiger partial charge in [-0.15, -0.1) is 12.4 Å². The van der Waals surface area contributed by atoms with E-state index in [0.29, 0.717) is 18.6 Å². The van der Waals surface area contributed by atoms with E-state index in [2.05, 4.69) is 28.4 Å². The molecule has 4 rings (SSSR count). The van der Waals surface area contributed by atoms with Crippen molar-refractivity contribution in [2.75, 3.05) is 31.1 Å². The van der Waals surface area contributed by atoms with Crippen LogP contribution in [0.4, 0.5) is 5.69 Å². The van der Waals surface area contributed by atoms with Gasteiger partial charge in [-0.2, -0.15) is 0 Å². The quantitative estimate of drug-likeness (QED) is 0.900. The lowest BCUT2D eigenvalue weighted by Crippen LogP contribution is -2.45. The van der Waals surface area contributed by atoms with Crippen molar-refractivity contribution in [1.29, 1.82) is 0 Å². The molecule has 0 saturated carbocycles. The zero-order valence-corrected chi connectivity index (χ0v) is 14.4. The second kappa shape index (κ2) is 7.20. The molecule has 0 spiro atoms. The lowest BCUT2D eigenvalue weighted by molar-refractivity contribution is -0.119. The van der Waals surface area contributed by atoms with Crippen LogP contribution < -0.4 is 10.2 Å². The summed E-state index contributed by atoms with van der Waals surface area (Å²) in [5.41, 5.74) is 2.45. The Balaban J connectivity index is 0.00000156. The Morgan fingerprint density at radius 3 is 2.87 bits per heavy atom. The van der Waals surface area contributed by atoms with Gasteiger partial charge in [0.15, 0.2) is 0 Å². The molecule has 126 valence electrons. The molecule has 0 aliphatic carbocycles. The van der Waals surface area contributed by atoms with Crippen LogP contribution in [0.3, 0.4) is 0 Å². The third-order valence-electron chi connectivity index (χ3n) is 5.38. The Bertz CT molecular complexity index is 565. The van der Waals surface area contributed by atoms with E-state index in [4.69, 9.17) is 0 Å². The summed E-state index contributed by atoms with van der Waals surface area (Å²) in [7, 11) is 0. The summed E-state index contributed by atoms with van der Waals surface area (Å²) in [4.78, 5) is 17.2. The molecule has 1 N–H and O–H groups in total. The molecule has 4 nitrogen and oxygen atoms in total. The summed E-state index contributed by atoms with van der Waals surface area (Å²) in [6.45, 7) is 3.51. The molecule has 0 radical (unpaired) electrons. The van der Waals surface area contributed by atoms with E-state index in [1.807, 2.05) is 11.0 Å². The molecule has 2 fully saturated rings. The molecule has 3 aliphatic heterocycles. The molecule has 1 amide bonds. The maximum absolute atomic E-state index is 12.8. The Hall–Kier alpha value is -1.10. The highest BCUT2D eigenvalue weighted by atomic mass is 35.5. The van der Waals surface area contributed by atoms with Gasteiger partial charge < -0.3 is 10.2 Å². The van der Waals surface area contributed by atoms with Gasteiger partial charge in [0, 0.05) is 37.4 Å². The van der Waals surface area contributed by atoms with Crippen molar-refractivity contribution in [3.05, 3.63) is 29.8 Å². The Morgan fingerprint density at radius 1 is 1.13 bits per heavy atom. The van der Waals surface area contributed by atoms with Gasteiger partial charge in [-0.05, 0) is 43.7 Å². The van der Waals surface area contributed by atoms with E-state index >= 15 is 0 Å². The van der Waals surface area contributed by atoms with Crippen molar-refractivity contribution in [3.8, 4) is 0 Å². The predicted molar refractivity (Wildman–Crippen MR) is 95.4 cm³/mol. The standard InChI is InChI=1S/C18H25N3O.ClH/c22-18(13-20-11-9-15-7-8-16(12-20)19-15)21-10-3-5-14-4-1-2-6-17(14)21;/h1-2,4,6,15-16,19H,3,5,7-13H2;1H. The van der Waals surface area contributed by atoms with Crippen LogP contribution >= 0.6 is 12.4 Å². The maximum Gasteiger partial charge on any atom is 0.241 e. The third kappa shape index (κ3) is 3.54. The molecule has 5 heteroatoms. The maximum atomic E-state index is 12.8. The second-order valence-electron chi connectivity index (χ2n) is 6.94. The van der Waals surface area contributed by atoms with Crippen molar-refractivity contribution in [3.63, 3.8) is 0 Å². The number of anilines is 1. The molecule has 2 unspecified atom stereocenters. The molecule has 1 aromatic rings. The van der Waals surface area contributed by atoms with Crippen molar-refractivity contribution in [1.82, 2.24) is 10.2 Å². The number of hydrogen-bond acceptors (Lipinski definition) is 3. The summed E-state index contributed by atoms with van der Waals surface area (Å²) < 4.78 is 0. The van der Waals surface area contributed by atoms with E-state index in [1.54, 1.807) is 0 Å². The minimum Gasteiger partial charge on any atom is -0.311 e. The summed E-state index contributed by atoms with van der Waals surface area (Å²) in [6.07, 6.45) is 5.93. The van der Waals surface area contributed by atoms with Gasteiger partial charge in [-0.25, -0.2) is 0 Å². The summed E-state index contributed by atoms with van der Waals surface area (Å²) in [5.74, 6) is 0.268. The zero-order valence-electron chi connectivity index (χ0n) is 13.5. The molecular formula is C18H26ClN3O. The number of carbonyl (C=O) groups excluding carboxylic acids is 1. The number of nitrogens with zero attached hydrogens (tertiary/aromatic N) is 2. The topological polar surface area (TPSA) is 35.6 Å². The molecule has 0 aromatic heterocycles. The number of para-hydroxylation sites is 1. The molecule has 3 heterocycles. The average molecular weight is 336 g/mol. The highest BCUT2D eigenvalue weighted by molar-refractivity contribution is 5.95. The lowest BCUT2D eigenvalue weighted by atomic mass is 10.0. The number of carbonyl (C=O) groups is 1. The first-order valence-corrected chi connectivity index (χ1v) is 8.66. The van der Waals surface area contributed by atoms with Crippen LogP contribution in [-0.4, -0.2) is 49.1 Å². The number of amides is 1. The molecule has 2 atom stereocenters. The minimum atomic E-state index is 0. The monoisotopic (exact) mass is 335 g/mol. The summed E-state index contributed by atoms with van der Waals surface area (Å²) in [6, 6.07) is 9.64. The number of likely N-dealkylation sites (tertiary alicyclic amines) is 1.